The van der Waals surface area contributed by atoms with E-state index in [1.165, 1.54) is 0 Å². The van der Waals surface area contributed by atoms with Gasteiger partial charge in [-0.3, -0.25) is 14.4 Å². The van der Waals surface area contributed by atoms with E-state index in [9.17, 15) is 14.4 Å². The molecule has 0 aromatic carbocycles. The van der Waals surface area contributed by atoms with Crippen LogP contribution < -0.4 is 0 Å². The molecule has 2 N–H and O–H groups in total. The van der Waals surface area contributed by atoms with Gasteiger partial charge < -0.3 is 10.2 Å². The number of rotatable bonds is 5. The van der Waals surface area contributed by atoms with Crippen LogP contribution in [0.4, 0.5) is 0 Å². The first-order chi connectivity index (χ1) is 5.56. The topological polar surface area (TPSA) is 91.7 Å². The van der Waals surface area contributed by atoms with E-state index >= 15 is 0 Å². The van der Waals surface area contributed by atoms with Crippen molar-refractivity contribution in [2.45, 2.75) is 19.3 Å². The standard InChI is InChI=1S/C6H8O5/c7-4(3-6(10)11)1-2-5(8)9/h1-3H2,(H,8,9)(H,10,11)/i/hD. The molecule has 5 nitrogen and oxygen atoms in total. The summed E-state index contributed by atoms with van der Waals surface area (Å²) in [6.07, 6.45) is -1.04. The van der Waals surface area contributed by atoms with Gasteiger partial charge in [-0.25, -0.2) is 0 Å². The highest BCUT2D eigenvalue weighted by Crippen LogP contribution is 1.94. The minimum Gasteiger partial charge on any atom is -0.481 e. The Morgan fingerprint density at radius 3 is 2.27 bits per heavy atom. The van der Waals surface area contributed by atoms with E-state index in [4.69, 9.17) is 6.54 Å². The summed E-state index contributed by atoms with van der Waals surface area (Å²) in [4.78, 5) is 30.9. The van der Waals surface area contributed by atoms with Crippen LogP contribution in [0.1, 0.15) is 19.3 Å². The minimum absolute atomic E-state index is 0.204. The average molecular weight is 161 g/mol. The Morgan fingerprint density at radius 1 is 1.18 bits per heavy atom. The molecular formula is C6H8O5. The van der Waals surface area contributed by atoms with Gasteiger partial charge in [0, 0.05) is 6.42 Å². The fraction of sp³-hybridized carbons (Fsp3) is 0.500. The summed E-state index contributed by atoms with van der Waals surface area (Å²) >= 11 is 0. The molecule has 62 valence electrons. The number of carboxylic acid groups (broad SMARTS) is 2. The number of aliphatic carboxylic acids is 2. The highest BCUT2D eigenvalue weighted by atomic mass is 16.4. The smallest absolute Gasteiger partial charge is 0.310 e. The summed E-state index contributed by atoms with van der Waals surface area (Å²) in [6, 6.07) is 0. The van der Waals surface area contributed by atoms with Crippen molar-refractivity contribution in [3.63, 3.8) is 0 Å². The Labute approximate surface area is 64.1 Å². The second kappa shape index (κ2) is 4.43. The maximum atomic E-state index is 10.7. The van der Waals surface area contributed by atoms with Gasteiger partial charge in [0.25, 0.3) is 1.43 Å². The number of carboxylic acids is 2. The molecular weight excluding hydrogens is 152 g/mol. The van der Waals surface area contributed by atoms with E-state index < -0.39 is 24.1 Å². The first-order valence-electron chi connectivity index (χ1n) is 3.36. The summed E-state index contributed by atoms with van der Waals surface area (Å²) < 4.78 is 6.10. The highest BCUT2D eigenvalue weighted by Gasteiger charge is 2.08. The summed E-state index contributed by atoms with van der Waals surface area (Å²) in [5.41, 5.74) is 0. The fourth-order valence-corrected chi connectivity index (χ4v) is 0.496. The molecule has 11 heavy (non-hydrogen) atoms. The minimum atomic E-state index is -1.09. The first-order valence-corrected chi connectivity index (χ1v) is 2.95. The van der Waals surface area contributed by atoms with Gasteiger partial charge in [0.1, 0.15) is 12.2 Å². The summed E-state index contributed by atoms with van der Waals surface area (Å²) in [5.74, 6) is -2.59. The molecule has 0 rings (SSSR count). The molecule has 0 heterocycles. The lowest BCUT2D eigenvalue weighted by atomic mass is 10.2. The second-order valence-electron chi connectivity index (χ2n) is 1.98. The summed E-state index contributed by atoms with van der Waals surface area (Å²) in [6.45, 7) is 0. The first kappa shape index (κ1) is 7.71. The van der Waals surface area contributed by atoms with Gasteiger partial charge >= 0.3 is 11.9 Å². The zero-order chi connectivity index (χ0) is 9.56. The van der Waals surface area contributed by atoms with Crippen molar-refractivity contribution < 1.29 is 24.6 Å². The third-order valence-electron chi connectivity index (χ3n) is 0.959. The number of Topliss-reactive ketones (excluding diaryl/α,β-unsaturated/α-hetero) is 1. The van der Waals surface area contributed by atoms with Crippen molar-refractivity contribution in [3.8, 4) is 0 Å². The van der Waals surface area contributed by atoms with Gasteiger partial charge in [-0.1, -0.05) is 0 Å². The summed E-state index contributed by atoms with van der Waals surface area (Å²) in [5, 5.41) is 11.6. The SMILES string of the molecule is [2H]OC(=O)CC(=O)CCC(=O)O. The van der Waals surface area contributed by atoms with E-state index in [0.717, 1.165) is 0 Å². The molecule has 0 radical (unpaired) electrons. The number of hydrogen-bond donors (Lipinski definition) is 2. The lowest BCUT2D eigenvalue weighted by Crippen LogP contribution is -2.08. The van der Waals surface area contributed by atoms with Gasteiger partial charge in [0.05, 0.1) is 6.42 Å². The van der Waals surface area contributed by atoms with Crippen molar-refractivity contribution in [1.29, 1.82) is 1.43 Å². The van der Waals surface area contributed by atoms with Crippen molar-refractivity contribution in [2.24, 2.45) is 0 Å². The van der Waals surface area contributed by atoms with Crippen LogP contribution in [0.3, 0.4) is 0 Å². The maximum absolute atomic E-state index is 10.7. The second-order valence-corrected chi connectivity index (χ2v) is 1.98. The monoisotopic (exact) mass is 161 g/mol. The van der Waals surface area contributed by atoms with Crippen LogP contribution >= 0.6 is 0 Å². The molecule has 5 heteroatoms. The van der Waals surface area contributed by atoms with E-state index in [-0.39, 0.29) is 12.8 Å². The molecule has 0 aliphatic carbocycles. The molecule has 0 saturated heterocycles. The predicted molar refractivity (Wildman–Crippen MR) is 34.1 cm³/mol. The molecule has 0 aliphatic heterocycles. The zero-order valence-corrected chi connectivity index (χ0v) is 5.70. The van der Waals surface area contributed by atoms with Gasteiger partial charge in [0.2, 0.25) is 0 Å². The molecule has 0 fully saturated rings. The van der Waals surface area contributed by atoms with E-state index in [0.29, 0.717) is 0 Å². The highest BCUT2D eigenvalue weighted by molar-refractivity contribution is 5.95. The normalized spacial score (nSPS) is 10.0. The van der Waals surface area contributed by atoms with Crippen LogP contribution in [0.2, 0.25) is 0 Å². The van der Waals surface area contributed by atoms with E-state index in [2.05, 4.69) is 5.11 Å². The van der Waals surface area contributed by atoms with E-state index in [1.54, 1.807) is 0 Å². The van der Waals surface area contributed by atoms with Crippen molar-refractivity contribution >= 4 is 17.7 Å². The van der Waals surface area contributed by atoms with Crippen LogP contribution in [-0.2, 0) is 14.4 Å². The Kier molecular flexibility index (Phi) is 3.11. The molecule has 0 unspecified atom stereocenters. The lowest BCUT2D eigenvalue weighted by molar-refractivity contribution is -0.142. The Balaban J connectivity index is 3.60. The molecule has 0 amide bonds. The third-order valence-corrected chi connectivity index (χ3v) is 0.959. The molecule has 0 atom stereocenters. The number of carbonyl (C=O) groups excluding carboxylic acids is 1. The summed E-state index contributed by atoms with van der Waals surface area (Å²) in [7, 11) is 0. The quantitative estimate of drug-likeness (QED) is 0.549. The van der Waals surface area contributed by atoms with Crippen LogP contribution in [0.15, 0.2) is 0 Å². The van der Waals surface area contributed by atoms with Crippen molar-refractivity contribution in [1.82, 2.24) is 0 Å². The van der Waals surface area contributed by atoms with Crippen LogP contribution in [-0.4, -0.2) is 27.9 Å². The van der Waals surface area contributed by atoms with Crippen LogP contribution in [0.25, 0.3) is 1.43 Å². The molecule has 0 saturated carbocycles. The van der Waals surface area contributed by atoms with Crippen molar-refractivity contribution in [2.75, 3.05) is 0 Å². The molecule has 0 bridgehead atoms. The molecule has 0 aromatic heterocycles. The van der Waals surface area contributed by atoms with Crippen LogP contribution in [0, 0.1) is 0 Å². The average Bonchev–Trinajstić information content (AvgIpc) is 2.00. The Bertz CT molecular complexity index is 200. The van der Waals surface area contributed by atoms with Gasteiger partial charge in [0.15, 0.2) is 0 Å². The van der Waals surface area contributed by atoms with Gasteiger partial charge in [-0.15, -0.1) is 0 Å². The Morgan fingerprint density at radius 2 is 1.82 bits per heavy atom. The Hall–Kier alpha value is -1.39. The predicted octanol–water partition coefficient (Wildman–Crippen LogP) is -0.105. The van der Waals surface area contributed by atoms with Crippen molar-refractivity contribution in [3.05, 3.63) is 0 Å². The molecule has 0 aliphatic rings. The van der Waals surface area contributed by atoms with Crippen LogP contribution in [0.5, 0.6) is 0 Å². The molecule has 0 spiro atoms. The number of ketones is 1. The number of hydrogen-bond acceptors (Lipinski definition) is 4. The van der Waals surface area contributed by atoms with Gasteiger partial charge in [-0.05, 0) is 0 Å². The van der Waals surface area contributed by atoms with Gasteiger partial charge in [-0.2, -0.15) is 0 Å². The van der Waals surface area contributed by atoms with E-state index in [1.807, 2.05) is 0 Å². The fourth-order valence-electron chi connectivity index (χ4n) is 0.496. The largest absolute Gasteiger partial charge is 0.481 e. The molecule has 0 aromatic rings. The lowest BCUT2D eigenvalue weighted by Gasteiger charge is -1.92. The number of carbonyl (C=O) groups is 3. The zero-order valence-electron chi connectivity index (χ0n) is 6.70. The maximum Gasteiger partial charge on any atom is 0.310 e. The third kappa shape index (κ3) is 6.50.